The first-order valence-corrected chi connectivity index (χ1v) is 6.49. The molecule has 0 aliphatic rings. The molecule has 3 nitrogen and oxygen atoms in total. The van der Waals surface area contributed by atoms with Crippen molar-refractivity contribution in [2.24, 2.45) is 0 Å². The van der Waals surface area contributed by atoms with E-state index in [1.165, 1.54) is 0 Å². The van der Waals surface area contributed by atoms with Crippen LogP contribution in [-0.2, 0) is 4.79 Å². The van der Waals surface area contributed by atoms with Crippen molar-refractivity contribution in [3.63, 3.8) is 0 Å². The molecule has 0 spiro atoms. The smallest absolute Gasteiger partial charge is 0.323 e. The van der Waals surface area contributed by atoms with Gasteiger partial charge in [0.2, 0.25) is 0 Å². The largest absolute Gasteiger partial charge is 0.480 e. The molecule has 0 saturated heterocycles. The van der Waals surface area contributed by atoms with Crippen LogP contribution in [0.25, 0.3) is 0 Å². The molecule has 0 radical (unpaired) electrons. The quantitative estimate of drug-likeness (QED) is 0.613. The second-order valence-electron chi connectivity index (χ2n) is 3.37. The lowest BCUT2D eigenvalue weighted by Gasteiger charge is -2.28. The van der Waals surface area contributed by atoms with Crippen LogP contribution in [0.4, 0.5) is 0 Å². The van der Waals surface area contributed by atoms with E-state index in [1.54, 1.807) is 11.8 Å². The van der Waals surface area contributed by atoms with Crippen LogP contribution < -0.4 is 5.32 Å². The summed E-state index contributed by atoms with van der Waals surface area (Å²) in [7, 11) is 0. The summed E-state index contributed by atoms with van der Waals surface area (Å²) in [5.41, 5.74) is -0.710. The second kappa shape index (κ2) is 7.12. The molecule has 0 aliphatic heterocycles. The highest BCUT2D eigenvalue weighted by molar-refractivity contribution is 7.98. The number of carboxylic acids is 1. The number of aliphatic carboxylic acids is 1. The van der Waals surface area contributed by atoms with Crippen LogP contribution in [0.15, 0.2) is 0 Å². The van der Waals surface area contributed by atoms with Crippen molar-refractivity contribution in [1.29, 1.82) is 0 Å². The Kier molecular flexibility index (Phi) is 7.01. The summed E-state index contributed by atoms with van der Waals surface area (Å²) in [5.74, 6) is 0.350. The van der Waals surface area contributed by atoms with Crippen molar-refractivity contribution < 1.29 is 9.90 Å². The van der Waals surface area contributed by atoms with Gasteiger partial charge in [0.25, 0.3) is 0 Å². The Morgan fingerprint density at radius 2 is 2.00 bits per heavy atom. The van der Waals surface area contributed by atoms with Crippen LogP contribution in [0.2, 0.25) is 0 Å². The van der Waals surface area contributed by atoms with Gasteiger partial charge in [-0.2, -0.15) is 11.8 Å². The lowest BCUT2D eigenvalue weighted by atomic mass is 9.93. The fourth-order valence-electron chi connectivity index (χ4n) is 1.42. The summed E-state index contributed by atoms with van der Waals surface area (Å²) in [6, 6.07) is 0. The predicted octanol–water partition coefficient (Wildman–Crippen LogP) is 1.97. The van der Waals surface area contributed by atoms with Gasteiger partial charge in [0.15, 0.2) is 0 Å². The van der Waals surface area contributed by atoms with E-state index in [2.05, 4.69) is 11.6 Å². The molecule has 2 N–H and O–H groups in total. The van der Waals surface area contributed by atoms with Gasteiger partial charge in [-0.25, -0.2) is 0 Å². The standard InChI is InChI=1S/C10H21NO2S/c1-4-10(5-2,9(12)13)11-7-6-8-14-3/h11H,4-8H2,1-3H3,(H,12,13). The Morgan fingerprint density at radius 3 is 2.36 bits per heavy atom. The highest BCUT2D eigenvalue weighted by Crippen LogP contribution is 2.15. The lowest BCUT2D eigenvalue weighted by Crippen LogP contribution is -2.51. The highest BCUT2D eigenvalue weighted by Gasteiger charge is 2.33. The first kappa shape index (κ1) is 13.8. The van der Waals surface area contributed by atoms with Gasteiger partial charge in [0, 0.05) is 0 Å². The molecular weight excluding hydrogens is 198 g/mol. The number of hydrogen-bond acceptors (Lipinski definition) is 3. The summed E-state index contributed by atoms with van der Waals surface area (Å²) in [6.45, 7) is 4.62. The number of carboxylic acid groups (broad SMARTS) is 1. The lowest BCUT2D eigenvalue weighted by molar-refractivity contribution is -0.145. The minimum atomic E-state index is -0.730. The Labute approximate surface area is 90.7 Å². The van der Waals surface area contributed by atoms with Gasteiger partial charge in [-0.15, -0.1) is 0 Å². The molecule has 4 heteroatoms. The average molecular weight is 219 g/mol. The number of carbonyl (C=O) groups is 1. The van der Waals surface area contributed by atoms with E-state index in [-0.39, 0.29) is 0 Å². The van der Waals surface area contributed by atoms with Crippen LogP contribution in [0.5, 0.6) is 0 Å². The van der Waals surface area contributed by atoms with Crippen molar-refractivity contribution >= 4 is 17.7 Å². The Morgan fingerprint density at radius 1 is 1.43 bits per heavy atom. The van der Waals surface area contributed by atoms with Crippen LogP contribution in [0, 0.1) is 0 Å². The van der Waals surface area contributed by atoms with Gasteiger partial charge in [-0.3, -0.25) is 4.79 Å². The van der Waals surface area contributed by atoms with E-state index in [9.17, 15) is 4.79 Å². The van der Waals surface area contributed by atoms with Crippen molar-refractivity contribution in [2.75, 3.05) is 18.6 Å². The zero-order valence-electron chi connectivity index (χ0n) is 9.30. The zero-order valence-corrected chi connectivity index (χ0v) is 10.1. The number of rotatable bonds is 8. The van der Waals surface area contributed by atoms with Gasteiger partial charge in [-0.1, -0.05) is 13.8 Å². The number of nitrogens with one attached hydrogen (secondary N) is 1. The maximum atomic E-state index is 11.1. The molecule has 0 amide bonds. The van der Waals surface area contributed by atoms with E-state index in [1.807, 2.05) is 13.8 Å². The Bertz CT molecular complexity index is 170. The van der Waals surface area contributed by atoms with E-state index >= 15 is 0 Å². The molecule has 0 unspecified atom stereocenters. The van der Waals surface area contributed by atoms with Crippen molar-refractivity contribution in [2.45, 2.75) is 38.6 Å². The minimum absolute atomic E-state index is 0.637. The van der Waals surface area contributed by atoms with Crippen molar-refractivity contribution in [1.82, 2.24) is 5.32 Å². The van der Waals surface area contributed by atoms with E-state index in [4.69, 9.17) is 5.11 Å². The molecule has 0 aromatic rings. The van der Waals surface area contributed by atoms with E-state index < -0.39 is 11.5 Å². The molecule has 0 rings (SSSR count). The van der Waals surface area contributed by atoms with E-state index in [0.717, 1.165) is 18.7 Å². The van der Waals surface area contributed by atoms with Crippen LogP contribution in [0.3, 0.4) is 0 Å². The van der Waals surface area contributed by atoms with Crippen LogP contribution in [-0.4, -0.2) is 35.2 Å². The normalized spacial score (nSPS) is 11.6. The van der Waals surface area contributed by atoms with Crippen LogP contribution in [0.1, 0.15) is 33.1 Å². The first-order chi connectivity index (χ1) is 6.63. The summed E-state index contributed by atoms with van der Waals surface area (Å²) >= 11 is 1.79. The summed E-state index contributed by atoms with van der Waals surface area (Å²) in [4.78, 5) is 11.1. The molecule has 0 fully saturated rings. The third-order valence-corrected chi connectivity index (χ3v) is 3.30. The zero-order chi connectivity index (χ0) is 11.0. The molecule has 0 atom stereocenters. The third-order valence-electron chi connectivity index (χ3n) is 2.61. The predicted molar refractivity (Wildman–Crippen MR) is 62.0 cm³/mol. The van der Waals surface area contributed by atoms with Gasteiger partial charge >= 0.3 is 5.97 Å². The molecule has 0 bridgehead atoms. The molecular formula is C10H21NO2S. The SMILES string of the molecule is CCC(CC)(NCCCSC)C(=O)O. The molecule has 0 aromatic carbocycles. The summed E-state index contributed by atoms with van der Waals surface area (Å²) in [5, 5.41) is 12.3. The topological polar surface area (TPSA) is 49.3 Å². The van der Waals surface area contributed by atoms with Crippen LogP contribution >= 0.6 is 11.8 Å². The molecule has 0 aliphatic carbocycles. The fourth-order valence-corrected chi connectivity index (χ4v) is 1.86. The molecule has 0 saturated carbocycles. The van der Waals surface area contributed by atoms with Gasteiger partial charge < -0.3 is 10.4 Å². The summed E-state index contributed by atoms with van der Waals surface area (Å²) in [6.07, 6.45) is 4.36. The maximum Gasteiger partial charge on any atom is 0.323 e. The third kappa shape index (κ3) is 3.88. The fraction of sp³-hybridized carbons (Fsp3) is 0.900. The Hall–Kier alpha value is -0.220. The van der Waals surface area contributed by atoms with Gasteiger partial charge in [0.05, 0.1) is 0 Å². The van der Waals surface area contributed by atoms with Gasteiger partial charge in [0.1, 0.15) is 5.54 Å². The molecule has 84 valence electrons. The van der Waals surface area contributed by atoms with Crippen molar-refractivity contribution in [3.05, 3.63) is 0 Å². The first-order valence-electron chi connectivity index (χ1n) is 5.10. The number of thioether (sulfide) groups is 1. The highest BCUT2D eigenvalue weighted by atomic mass is 32.2. The van der Waals surface area contributed by atoms with Gasteiger partial charge in [-0.05, 0) is 37.8 Å². The molecule has 0 aromatic heterocycles. The molecule has 0 heterocycles. The molecule has 14 heavy (non-hydrogen) atoms. The number of hydrogen-bond donors (Lipinski definition) is 2. The van der Waals surface area contributed by atoms with E-state index in [0.29, 0.717) is 12.8 Å². The summed E-state index contributed by atoms with van der Waals surface area (Å²) < 4.78 is 0. The minimum Gasteiger partial charge on any atom is -0.480 e. The average Bonchev–Trinajstić information content (AvgIpc) is 2.18. The Balaban J connectivity index is 4.02. The second-order valence-corrected chi connectivity index (χ2v) is 4.35. The maximum absolute atomic E-state index is 11.1. The van der Waals surface area contributed by atoms with Crippen molar-refractivity contribution in [3.8, 4) is 0 Å². The monoisotopic (exact) mass is 219 g/mol.